The second-order valence-electron chi connectivity index (χ2n) is 9.28. The van der Waals surface area contributed by atoms with Crippen molar-refractivity contribution in [1.82, 2.24) is 3.97 Å². The minimum absolute atomic E-state index is 0.0738. The first-order chi connectivity index (χ1) is 19.1. The maximum atomic E-state index is 13.4. The molecule has 0 aliphatic carbocycles. The predicted octanol–water partition coefficient (Wildman–Crippen LogP) is 2.98. The SMILES string of the molecule is CC(=O)OC[C@H]1O[C@H](OCCc2cn(S(=O)(=O)c3ccccc3)c3ccccc23)[C@H](OC(C)=O)C[C@@H]1OC(C)=O. The lowest BCUT2D eigenvalue weighted by Crippen LogP contribution is -2.53. The largest absolute Gasteiger partial charge is 0.463 e. The molecule has 3 aromatic rings. The topological polar surface area (TPSA) is 136 Å². The first kappa shape index (κ1) is 29.2. The zero-order chi connectivity index (χ0) is 28.9. The molecule has 2 aromatic carbocycles. The number of esters is 3. The molecule has 1 fully saturated rings. The van der Waals surface area contributed by atoms with Crippen LogP contribution in [0, 0.1) is 0 Å². The lowest BCUT2D eigenvalue weighted by Gasteiger charge is -2.39. The van der Waals surface area contributed by atoms with Crippen LogP contribution >= 0.6 is 0 Å². The van der Waals surface area contributed by atoms with Gasteiger partial charge in [-0.05, 0) is 30.2 Å². The molecule has 1 saturated heterocycles. The van der Waals surface area contributed by atoms with Gasteiger partial charge in [-0.25, -0.2) is 12.4 Å². The van der Waals surface area contributed by atoms with Gasteiger partial charge in [0, 0.05) is 38.8 Å². The third-order valence-corrected chi connectivity index (χ3v) is 7.98. The van der Waals surface area contributed by atoms with Gasteiger partial charge in [-0.15, -0.1) is 0 Å². The van der Waals surface area contributed by atoms with Crippen molar-refractivity contribution in [1.29, 1.82) is 0 Å². The van der Waals surface area contributed by atoms with Crippen LogP contribution in [0.2, 0.25) is 0 Å². The van der Waals surface area contributed by atoms with E-state index in [-0.39, 0.29) is 24.5 Å². The standard InChI is InChI=1S/C28H31NO10S/c1-18(30)36-17-27-25(37-19(2)31)15-26(38-20(3)32)28(39-27)35-14-13-21-16-29(24-12-8-7-11-23(21)24)40(33,34)22-9-5-4-6-10-22/h4-12,16,25-28H,13-15,17H2,1-3H3/t25-,26+,27+,28-/m0/s1. The van der Waals surface area contributed by atoms with E-state index < -0.39 is 52.5 Å². The fourth-order valence-corrected chi connectivity index (χ4v) is 6.01. The number of hydrogen-bond acceptors (Lipinski definition) is 10. The molecule has 11 nitrogen and oxygen atoms in total. The number of benzene rings is 2. The predicted molar refractivity (Wildman–Crippen MR) is 142 cm³/mol. The molecule has 0 radical (unpaired) electrons. The van der Waals surface area contributed by atoms with Crippen molar-refractivity contribution in [2.24, 2.45) is 0 Å². The van der Waals surface area contributed by atoms with Crippen LogP contribution in [0.15, 0.2) is 65.7 Å². The number of hydrogen-bond donors (Lipinski definition) is 0. The van der Waals surface area contributed by atoms with Crippen LogP contribution in [0.4, 0.5) is 0 Å². The van der Waals surface area contributed by atoms with Gasteiger partial charge in [0.05, 0.1) is 17.0 Å². The van der Waals surface area contributed by atoms with Crippen molar-refractivity contribution < 1.29 is 46.5 Å². The van der Waals surface area contributed by atoms with Crippen LogP contribution in [0.25, 0.3) is 10.9 Å². The Kier molecular flexibility index (Phi) is 9.23. The number of ether oxygens (including phenoxy) is 5. The number of rotatable bonds is 10. The number of aromatic nitrogens is 1. The maximum Gasteiger partial charge on any atom is 0.303 e. The number of para-hydroxylation sites is 1. The van der Waals surface area contributed by atoms with E-state index >= 15 is 0 Å². The Hall–Kier alpha value is -3.74. The highest BCUT2D eigenvalue weighted by atomic mass is 32.2. The second-order valence-corrected chi connectivity index (χ2v) is 11.1. The number of carbonyl (C=O) groups excluding carboxylic acids is 3. The van der Waals surface area contributed by atoms with E-state index in [4.69, 9.17) is 23.7 Å². The van der Waals surface area contributed by atoms with Crippen LogP contribution in [-0.2, 0) is 54.5 Å². The van der Waals surface area contributed by atoms with Gasteiger partial charge >= 0.3 is 17.9 Å². The van der Waals surface area contributed by atoms with E-state index in [9.17, 15) is 22.8 Å². The summed E-state index contributed by atoms with van der Waals surface area (Å²) in [4.78, 5) is 34.9. The van der Waals surface area contributed by atoms with E-state index in [1.165, 1.54) is 36.9 Å². The quantitative estimate of drug-likeness (QED) is 0.263. The van der Waals surface area contributed by atoms with Gasteiger partial charge in [0.1, 0.15) is 18.8 Å². The maximum absolute atomic E-state index is 13.4. The zero-order valence-electron chi connectivity index (χ0n) is 22.3. The fraction of sp³-hybridized carbons (Fsp3) is 0.393. The molecule has 4 atom stereocenters. The highest BCUT2D eigenvalue weighted by molar-refractivity contribution is 7.90. The van der Waals surface area contributed by atoms with E-state index in [1.54, 1.807) is 36.5 Å². The van der Waals surface area contributed by atoms with E-state index in [0.29, 0.717) is 11.9 Å². The van der Waals surface area contributed by atoms with Gasteiger partial charge in [-0.3, -0.25) is 14.4 Å². The molecular weight excluding hydrogens is 542 g/mol. The molecule has 0 unspecified atom stereocenters. The number of nitrogens with zero attached hydrogens (tertiary/aromatic N) is 1. The molecule has 12 heteroatoms. The number of fused-ring (bicyclic) bond motifs is 1. The molecule has 1 aromatic heterocycles. The van der Waals surface area contributed by atoms with Gasteiger partial charge in [0.25, 0.3) is 10.0 Å². The smallest absolute Gasteiger partial charge is 0.303 e. The van der Waals surface area contributed by atoms with E-state index in [1.807, 2.05) is 12.1 Å². The summed E-state index contributed by atoms with van der Waals surface area (Å²) >= 11 is 0. The average Bonchev–Trinajstić information content (AvgIpc) is 3.28. The minimum atomic E-state index is -3.84. The summed E-state index contributed by atoms with van der Waals surface area (Å²) in [6.07, 6.45) is -1.66. The monoisotopic (exact) mass is 573 g/mol. The van der Waals surface area contributed by atoms with Crippen molar-refractivity contribution in [2.75, 3.05) is 13.2 Å². The van der Waals surface area contributed by atoms with Crippen LogP contribution in [0.3, 0.4) is 0 Å². The third kappa shape index (κ3) is 6.87. The zero-order valence-corrected chi connectivity index (χ0v) is 23.2. The highest BCUT2D eigenvalue weighted by Gasteiger charge is 2.43. The molecule has 0 bridgehead atoms. The molecule has 214 valence electrons. The van der Waals surface area contributed by atoms with E-state index in [2.05, 4.69) is 0 Å². The van der Waals surface area contributed by atoms with Crippen LogP contribution < -0.4 is 0 Å². The fourth-order valence-electron chi connectivity index (χ4n) is 4.59. The first-order valence-corrected chi connectivity index (χ1v) is 14.1. The first-order valence-electron chi connectivity index (χ1n) is 12.7. The Morgan fingerprint density at radius 2 is 1.55 bits per heavy atom. The number of carbonyl (C=O) groups is 3. The van der Waals surface area contributed by atoms with Crippen LogP contribution in [0.5, 0.6) is 0 Å². The van der Waals surface area contributed by atoms with E-state index in [0.717, 1.165) is 10.9 Å². The lowest BCUT2D eigenvalue weighted by molar-refractivity contribution is -0.277. The summed E-state index contributed by atoms with van der Waals surface area (Å²) in [6.45, 7) is 3.62. The molecule has 4 rings (SSSR count). The van der Waals surface area contributed by atoms with Crippen molar-refractivity contribution in [3.05, 3.63) is 66.4 Å². The normalized spacial score (nSPS) is 21.1. The van der Waals surface area contributed by atoms with Crippen molar-refractivity contribution >= 4 is 38.8 Å². The molecule has 0 N–H and O–H groups in total. The Bertz CT molecular complexity index is 1470. The van der Waals surface area contributed by atoms with Gasteiger partial charge in [0.15, 0.2) is 12.4 Å². The second kappa shape index (κ2) is 12.6. The summed E-state index contributed by atoms with van der Waals surface area (Å²) in [6, 6.07) is 15.3. The molecule has 2 heterocycles. The Labute approximate surface area is 232 Å². The highest BCUT2D eigenvalue weighted by Crippen LogP contribution is 2.29. The Morgan fingerprint density at radius 3 is 2.23 bits per heavy atom. The third-order valence-electron chi connectivity index (χ3n) is 6.29. The van der Waals surface area contributed by atoms with Crippen molar-refractivity contribution in [2.45, 2.75) is 63.1 Å². The van der Waals surface area contributed by atoms with Gasteiger partial charge in [-0.2, -0.15) is 0 Å². The molecule has 0 saturated carbocycles. The van der Waals surface area contributed by atoms with Crippen LogP contribution in [-0.4, -0.2) is 68.1 Å². The molecule has 0 amide bonds. The summed E-state index contributed by atoms with van der Waals surface area (Å²) in [5.74, 6) is -1.67. The summed E-state index contributed by atoms with van der Waals surface area (Å²) in [7, 11) is -3.84. The van der Waals surface area contributed by atoms with Crippen molar-refractivity contribution in [3.8, 4) is 0 Å². The van der Waals surface area contributed by atoms with Gasteiger partial charge < -0.3 is 23.7 Å². The minimum Gasteiger partial charge on any atom is -0.463 e. The summed E-state index contributed by atoms with van der Waals surface area (Å²) in [5, 5.41) is 0.745. The molecule has 1 aliphatic heterocycles. The molecule has 1 aliphatic rings. The van der Waals surface area contributed by atoms with Crippen LogP contribution in [0.1, 0.15) is 32.8 Å². The Morgan fingerprint density at radius 1 is 0.900 bits per heavy atom. The molecule has 0 spiro atoms. The Balaban J connectivity index is 1.53. The van der Waals surface area contributed by atoms with Crippen molar-refractivity contribution in [3.63, 3.8) is 0 Å². The molecule has 40 heavy (non-hydrogen) atoms. The average molecular weight is 574 g/mol. The van der Waals surface area contributed by atoms with Gasteiger partial charge in [-0.1, -0.05) is 36.4 Å². The molecular formula is C28H31NO10S. The van der Waals surface area contributed by atoms with Gasteiger partial charge in [0.2, 0.25) is 0 Å². The summed E-state index contributed by atoms with van der Waals surface area (Å²) in [5.41, 5.74) is 1.25. The lowest BCUT2D eigenvalue weighted by atomic mass is 10.0. The summed E-state index contributed by atoms with van der Waals surface area (Å²) < 4.78 is 55.7.